The molecular formula is C29H50N4O10. The zero-order valence-corrected chi connectivity index (χ0v) is 26.6. The number of nitrogens with one attached hydrogen (secondary N) is 3. The van der Waals surface area contributed by atoms with E-state index in [9.17, 15) is 29.4 Å². The van der Waals surface area contributed by atoms with Gasteiger partial charge in [-0.3, -0.25) is 15.4 Å². The van der Waals surface area contributed by atoms with E-state index in [-0.39, 0.29) is 31.2 Å². The Morgan fingerprint density at radius 3 is 2.16 bits per heavy atom. The zero-order chi connectivity index (χ0) is 32.7. The number of guanidine groups is 1. The Hall–Kier alpha value is -3.23. The Morgan fingerprint density at radius 2 is 1.63 bits per heavy atom. The third-order valence-electron chi connectivity index (χ3n) is 6.10. The second-order valence-corrected chi connectivity index (χ2v) is 11.4. The minimum atomic E-state index is -1.11. The summed E-state index contributed by atoms with van der Waals surface area (Å²) in [7, 11) is 0. The second kappa shape index (κ2) is 18.4. The first-order valence-corrected chi connectivity index (χ1v) is 14.8. The van der Waals surface area contributed by atoms with Gasteiger partial charge in [-0.05, 0) is 54.0 Å². The summed E-state index contributed by atoms with van der Waals surface area (Å²) in [4.78, 5) is 54.9. The third-order valence-corrected chi connectivity index (χ3v) is 6.10. The van der Waals surface area contributed by atoms with E-state index in [0.717, 1.165) is 19.3 Å². The van der Waals surface area contributed by atoms with E-state index >= 15 is 0 Å². The van der Waals surface area contributed by atoms with Crippen molar-refractivity contribution >= 4 is 30.0 Å². The van der Waals surface area contributed by atoms with Crippen LogP contribution in [0.4, 0.5) is 9.59 Å². The van der Waals surface area contributed by atoms with Gasteiger partial charge in [0, 0.05) is 18.9 Å². The Kier molecular flexibility index (Phi) is 16.2. The number of hydrogen-bond donors (Lipinski definition) is 5. The largest absolute Gasteiger partial charge is 0.463 e. The summed E-state index contributed by atoms with van der Waals surface area (Å²) >= 11 is 0. The van der Waals surface area contributed by atoms with E-state index in [1.165, 1.54) is 26.8 Å². The van der Waals surface area contributed by atoms with E-state index in [1.807, 2.05) is 0 Å². The molecule has 0 aromatic heterocycles. The molecule has 2 unspecified atom stereocenters. The molecule has 1 aliphatic rings. The molecule has 14 nitrogen and oxygen atoms in total. The van der Waals surface area contributed by atoms with E-state index in [1.54, 1.807) is 27.7 Å². The fourth-order valence-corrected chi connectivity index (χ4v) is 4.28. The number of aliphatic imine (C=N–C) groups is 1. The number of carbonyl (C=O) groups is 4. The van der Waals surface area contributed by atoms with Crippen LogP contribution in [0.5, 0.6) is 0 Å². The van der Waals surface area contributed by atoms with Crippen molar-refractivity contribution in [2.45, 2.75) is 130 Å². The summed E-state index contributed by atoms with van der Waals surface area (Å²) in [6.45, 7) is 13.1. The van der Waals surface area contributed by atoms with Gasteiger partial charge in [-0.25, -0.2) is 19.4 Å². The predicted octanol–water partition coefficient (Wildman–Crippen LogP) is 2.46. The maximum atomic E-state index is 12.8. The third kappa shape index (κ3) is 14.7. The summed E-state index contributed by atoms with van der Waals surface area (Å²) in [5.74, 6) is -1.47. The van der Waals surface area contributed by atoms with Crippen LogP contribution in [-0.2, 0) is 28.5 Å². The van der Waals surface area contributed by atoms with Crippen molar-refractivity contribution in [3.8, 4) is 0 Å². The van der Waals surface area contributed by atoms with Gasteiger partial charge < -0.3 is 34.5 Å². The quantitative estimate of drug-likeness (QED) is 0.0676. The highest BCUT2D eigenvalue weighted by atomic mass is 16.6. The molecule has 0 aliphatic heterocycles. The lowest BCUT2D eigenvalue weighted by Gasteiger charge is -2.38. The Bertz CT molecular complexity index is 982. The van der Waals surface area contributed by atoms with Gasteiger partial charge in [0.2, 0.25) is 11.9 Å². The van der Waals surface area contributed by atoms with Crippen LogP contribution < -0.4 is 16.0 Å². The lowest BCUT2D eigenvalue weighted by Crippen LogP contribution is -2.56. The fourth-order valence-electron chi connectivity index (χ4n) is 4.28. The number of ether oxygens (including phenoxy) is 4. The molecule has 5 atom stereocenters. The minimum absolute atomic E-state index is 0.0785. The highest BCUT2D eigenvalue weighted by Crippen LogP contribution is 2.27. The lowest BCUT2D eigenvalue weighted by atomic mass is 9.87. The highest BCUT2D eigenvalue weighted by molar-refractivity contribution is 6.01. The number of carbonyl (C=O) groups excluding carboxylic acids is 4. The topological polar surface area (TPSA) is 194 Å². The van der Waals surface area contributed by atoms with E-state index in [0.29, 0.717) is 6.42 Å². The average molecular weight is 615 g/mol. The molecule has 0 aromatic rings. The number of amides is 3. The molecule has 0 bridgehead atoms. The molecule has 1 aliphatic carbocycles. The van der Waals surface area contributed by atoms with E-state index in [2.05, 4.69) is 27.9 Å². The SMILES string of the molecule is CCCCCCOC(=O)NC(=N[C@H]1CC(C(=O)OCC)=C[C@@H](OC(C(C)O)C(C)O)[C@@H]1NC(C)=O)NC(=O)OC(C)(C)C. The van der Waals surface area contributed by atoms with Crippen LogP contribution in [0, 0.1) is 0 Å². The molecule has 0 heterocycles. The molecule has 0 aromatic carbocycles. The Morgan fingerprint density at radius 1 is 1.00 bits per heavy atom. The van der Waals surface area contributed by atoms with Gasteiger partial charge in [-0.15, -0.1) is 0 Å². The number of aliphatic hydroxyl groups excluding tert-OH is 2. The molecular weight excluding hydrogens is 564 g/mol. The summed E-state index contributed by atoms with van der Waals surface area (Å²) < 4.78 is 21.8. The molecule has 5 N–H and O–H groups in total. The number of rotatable bonds is 13. The molecule has 0 fully saturated rings. The van der Waals surface area contributed by atoms with Crippen molar-refractivity contribution in [3.05, 3.63) is 11.6 Å². The Balaban J connectivity index is 3.52. The number of aliphatic hydroxyl groups is 2. The molecule has 14 heteroatoms. The zero-order valence-electron chi connectivity index (χ0n) is 26.6. The van der Waals surface area contributed by atoms with Gasteiger partial charge in [0.05, 0.1) is 43.6 Å². The van der Waals surface area contributed by atoms with Gasteiger partial charge in [0.25, 0.3) is 0 Å². The van der Waals surface area contributed by atoms with E-state index in [4.69, 9.17) is 18.9 Å². The first-order chi connectivity index (χ1) is 20.1. The normalized spacial score (nSPS) is 21.0. The summed E-state index contributed by atoms with van der Waals surface area (Å²) in [6, 6.07) is -1.96. The van der Waals surface area contributed by atoms with Crippen molar-refractivity contribution in [2.24, 2.45) is 4.99 Å². The maximum Gasteiger partial charge on any atom is 0.414 e. The monoisotopic (exact) mass is 614 g/mol. The standard InChI is InChI=1S/C29H50N4O10/c1-9-11-12-13-14-41-27(38)32-26(33-28(39)43-29(6,7)8)31-21-15-20(25(37)40-10-2)16-22(23(21)30-19(5)36)42-24(17(3)34)18(4)35/h16-18,21-24,34-35H,9-15H2,1-8H3,(H,30,36)(H2,31,32,33,38,39)/t17?,18?,21-,22+,23+,24?/m0/s1. The van der Waals surface area contributed by atoms with Crippen LogP contribution in [0.15, 0.2) is 16.6 Å². The molecule has 43 heavy (non-hydrogen) atoms. The molecule has 0 saturated carbocycles. The van der Waals surface area contributed by atoms with Gasteiger partial charge in [0.15, 0.2) is 0 Å². The first kappa shape index (κ1) is 37.8. The average Bonchev–Trinajstić information content (AvgIpc) is 2.86. The first-order valence-electron chi connectivity index (χ1n) is 14.8. The molecule has 246 valence electrons. The molecule has 1 rings (SSSR count). The summed E-state index contributed by atoms with van der Waals surface area (Å²) in [5.41, 5.74) is -0.721. The van der Waals surface area contributed by atoms with Crippen molar-refractivity contribution in [2.75, 3.05) is 13.2 Å². The van der Waals surface area contributed by atoms with Crippen molar-refractivity contribution in [1.29, 1.82) is 0 Å². The van der Waals surface area contributed by atoms with Crippen molar-refractivity contribution in [1.82, 2.24) is 16.0 Å². The van der Waals surface area contributed by atoms with Crippen LogP contribution in [0.2, 0.25) is 0 Å². The lowest BCUT2D eigenvalue weighted by molar-refractivity contribution is -0.140. The number of unbranched alkanes of at least 4 members (excludes halogenated alkanes) is 3. The van der Waals surface area contributed by atoms with Crippen LogP contribution in [0.1, 0.15) is 87.5 Å². The van der Waals surface area contributed by atoms with Gasteiger partial charge in [-0.2, -0.15) is 0 Å². The van der Waals surface area contributed by atoms with Crippen LogP contribution in [-0.4, -0.2) is 95.5 Å². The van der Waals surface area contributed by atoms with Gasteiger partial charge in [0.1, 0.15) is 11.7 Å². The van der Waals surface area contributed by atoms with Crippen LogP contribution >= 0.6 is 0 Å². The highest BCUT2D eigenvalue weighted by Gasteiger charge is 2.40. The fraction of sp³-hybridized carbons (Fsp3) is 0.759. The van der Waals surface area contributed by atoms with E-state index < -0.39 is 66.2 Å². The minimum Gasteiger partial charge on any atom is -0.463 e. The molecule has 3 amide bonds. The molecule has 0 radical (unpaired) electrons. The van der Waals surface area contributed by atoms with Gasteiger partial charge >= 0.3 is 18.2 Å². The number of hydrogen-bond acceptors (Lipinski definition) is 11. The molecule has 0 saturated heterocycles. The van der Waals surface area contributed by atoms with Crippen LogP contribution in [0.3, 0.4) is 0 Å². The number of alkyl carbamates (subject to hydrolysis) is 2. The summed E-state index contributed by atoms with van der Waals surface area (Å²) in [6.07, 6.45) is -1.28. The number of nitrogens with zero attached hydrogens (tertiary/aromatic N) is 1. The second-order valence-electron chi connectivity index (χ2n) is 11.4. The maximum absolute atomic E-state index is 12.8. The smallest absolute Gasteiger partial charge is 0.414 e. The predicted molar refractivity (Wildman–Crippen MR) is 158 cm³/mol. The van der Waals surface area contributed by atoms with Gasteiger partial charge in [-0.1, -0.05) is 26.2 Å². The number of esters is 1. The Labute approximate surface area is 253 Å². The molecule has 0 spiro atoms. The summed E-state index contributed by atoms with van der Waals surface area (Å²) in [5, 5.41) is 28.0. The van der Waals surface area contributed by atoms with Crippen LogP contribution in [0.25, 0.3) is 0 Å². The van der Waals surface area contributed by atoms with Crippen molar-refractivity contribution in [3.63, 3.8) is 0 Å². The van der Waals surface area contributed by atoms with Crippen molar-refractivity contribution < 1.29 is 48.3 Å².